The van der Waals surface area contributed by atoms with Crippen molar-refractivity contribution in [2.75, 3.05) is 26.2 Å². The molecule has 1 heterocycles. The minimum absolute atomic E-state index is 0.0167. The van der Waals surface area contributed by atoms with E-state index >= 15 is 0 Å². The Morgan fingerprint density at radius 3 is 2.65 bits per heavy atom. The van der Waals surface area contributed by atoms with Gasteiger partial charge in [-0.25, -0.2) is 4.79 Å². The lowest BCUT2D eigenvalue weighted by molar-refractivity contribution is -0.00590. The highest BCUT2D eigenvalue weighted by Crippen LogP contribution is 2.29. The topological polar surface area (TPSA) is 75.8 Å². The number of carbonyl (C=O) groups excluding carboxylic acids is 1. The van der Waals surface area contributed by atoms with Crippen molar-refractivity contribution in [1.29, 1.82) is 0 Å². The van der Waals surface area contributed by atoms with Gasteiger partial charge in [-0.15, -0.1) is 0 Å². The summed E-state index contributed by atoms with van der Waals surface area (Å²) in [6.45, 7) is 7.10. The third-order valence-electron chi connectivity index (χ3n) is 3.08. The Kier molecular flexibility index (Phi) is 4.38. The fourth-order valence-corrected chi connectivity index (χ4v) is 2.05. The number of hydrogen-bond acceptors (Lipinski definition) is 4. The predicted molar refractivity (Wildman–Crippen MR) is 65.6 cm³/mol. The van der Waals surface area contributed by atoms with Crippen LogP contribution in [0.1, 0.15) is 33.6 Å². The van der Waals surface area contributed by atoms with Gasteiger partial charge in [-0.05, 0) is 33.6 Å². The lowest BCUT2D eigenvalue weighted by Crippen LogP contribution is -2.52. The Balaban J connectivity index is 2.63. The van der Waals surface area contributed by atoms with E-state index in [4.69, 9.17) is 10.5 Å². The molecule has 1 aliphatic heterocycles. The van der Waals surface area contributed by atoms with Crippen LogP contribution >= 0.6 is 0 Å². The smallest absolute Gasteiger partial charge is 0.410 e. The first-order valence-corrected chi connectivity index (χ1v) is 6.11. The zero-order chi connectivity index (χ0) is 13.1. The van der Waals surface area contributed by atoms with E-state index in [-0.39, 0.29) is 18.1 Å². The van der Waals surface area contributed by atoms with E-state index in [9.17, 15) is 9.90 Å². The number of ether oxygens (including phenoxy) is 1. The fourth-order valence-electron chi connectivity index (χ4n) is 2.05. The molecule has 0 aromatic heterocycles. The number of aliphatic hydroxyl groups excluding tert-OH is 1. The van der Waals surface area contributed by atoms with Crippen LogP contribution in [0.15, 0.2) is 0 Å². The lowest BCUT2D eigenvalue weighted by atomic mass is 9.81. The second-order valence-electron chi connectivity index (χ2n) is 5.87. The standard InChI is InChI=1S/C12H24N2O3/c1-11(2,3)17-10(16)14-6-4-5-12(7-13,8-14)9-15/h15H,4-9,13H2,1-3H3. The van der Waals surface area contributed by atoms with Crippen molar-refractivity contribution in [3.05, 3.63) is 0 Å². The Labute approximate surface area is 103 Å². The van der Waals surface area contributed by atoms with Crippen molar-refractivity contribution < 1.29 is 14.6 Å². The molecule has 1 unspecified atom stereocenters. The number of piperidine rings is 1. The van der Waals surface area contributed by atoms with Crippen LogP contribution in [0.25, 0.3) is 0 Å². The molecule has 5 heteroatoms. The molecule has 0 aromatic rings. The van der Waals surface area contributed by atoms with E-state index in [1.54, 1.807) is 4.90 Å². The highest BCUT2D eigenvalue weighted by atomic mass is 16.6. The van der Waals surface area contributed by atoms with E-state index in [1.165, 1.54) is 0 Å². The van der Waals surface area contributed by atoms with Gasteiger partial charge in [0.1, 0.15) is 5.60 Å². The Bertz CT molecular complexity index is 269. The SMILES string of the molecule is CC(C)(C)OC(=O)N1CCCC(CN)(CO)C1. The van der Waals surface area contributed by atoms with E-state index < -0.39 is 5.60 Å². The molecule has 0 saturated carbocycles. The number of amides is 1. The summed E-state index contributed by atoms with van der Waals surface area (Å²) >= 11 is 0. The van der Waals surface area contributed by atoms with Gasteiger partial charge in [0.15, 0.2) is 0 Å². The monoisotopic (exact) mass is 244 g/mol. The van der Waals surface area contributed by atoms with Gasteiger partial charge in [0.25, 0.3) is 0 Å². The maximum absolute atomic E-state index is 11.9. The molecule has 100 valence electrons. The number of aliphatic hydroxyl groups is 1. The van der Waals surface area contributed by atoms with Crippen molar-refractivity contribution in [2.24, 2.45) is 11.1 Å². The van der Waals surface area contributed by atoms with E-state index in [0.29, 0.717) is 19.6 Å². The molecular formula is C12H24N2O3. The van der Waals surface area contributed by atoms with Gasteiger partial charge < -0.3 is 20.5 Å². The lowest BCUT2D eigenvalue weighted by Gasteiger charge is -2.41. The van der Waals surface area contributed by atoms with Crippen LogP contribution in [0.4, 0.5) is 4.79 Å². The van der Waals surface area contributed by atoms with Gasteiger partial charge in [-0.3, -0.25) is 0 Å². The summed E-state index contributed by atoms with van der Waals surface area (Å²) in [7, 11) is 0. The number of carbonyl (C=O) groups is 1. The first-order chi connectivity index (χ1) is 7.82. The quantitative estimate of drug-likeness (QED) is 0.758. The van der Waals surface area contributed by atoms with Crippen LogP contribution in [0.5, 0.6) is 0 Å². The van der Waals surface area contributed by atoms with Crippen molar-refractivity contribution in [3.8, 4) is 0 Å². The Hall–Kier alpha value is -0.810. The second-order valence-corrected chi connectivity index (χ2v) is 5.87. The fraction of sp³-hybridized carbons (Fsp3) is 0.917. The van der Waals surface area contributed by atoms with Crippen molar-refractivity contribution >= 4 is 6.09 Å². The summed E-state index contributed by atoms with van der Waals surface area (Å²) in [5.41, 5.74) is 4.86. The third kappa shape index (κ3) is 3.85. The molecule has 1 amide bonds. The van der Waals surface area contributed by atoms with E-state index in [0.717, 1.165) is 12.8 Å². The normalized spacial score (nSPS) is 25.8. The van der Waals surface area contributed by atoms with Crippen LogP contribution < -0.4 is 5.73 Å². The maximum atomic E-state index is 11.9. The summed E-state index contributed by atoms with van der Waals surface area (Å²) in [5, 5.41) is 9.41. The Morgan fingerprint density at radius 2 is 2.18 bits per heavy atom. The molecule has 1 atom stereocenters. The molecule has 1 saturated heterocycles. The van der Waals surface area contributed by atoms with Gasteiger partial charge in [0.2, 0.25) is 0 Å². The van der Waals surface area contributed by atoms with Crippen LogP contribution in [0, 0.1) is 5.41 Å². The van der Waals surface area contributed by atoms with Gasteiger partial charge in [0, 0.05) is 25.0 Å². The minimum Gasteiger partial charge on any atom is -0.444 e. The molecule has 1 rings (SSSR count). The molecule has 0 bridgehead atoms. The van der Waals surface area contributed by atoms with E-state index in [2.05, 4.69) is 0 Å². The minimum atomic E-state index is -0.487. The van der Waals surface area contributed by atoms with Gasteiger partial charge in [0.05, 0.1) is 6.61 Å². The van der Waals surface area contributed by atoms with Crippen LogP contribution in [0.3, 0.4) is 0 Å². The van der Waals surface area contributed by atoms with Crippen molar-refractivity contribution in [1.82, 2.24) is 4.90 Å². The average molecular weight is 244 g/mol. The molecule has 0 aromatic carbocycles. The molecule has 1 fully saturated rings. The van der Waals surface area contributed by atoms with Crippen molar-refractivity contribution in [2.45, 2.75) is 39.2 Å². The first-order valence-electron chi connectivity index (χ1n) is 6.11. The number of nitrogens with zero attached hydrogens (tertiary/aromatic N) is 1. The summed E-state index contributed by atoms with van der Waals surface area (Å²) in [5.74, 6) is 0. The average Bonchev–Trinajstić information content (AvgIpc) is 2.27. The zero-order valence-corrected chi connectivity index (χ0v) is 11.0. The largest absolute Gasteiger partial charge is 0.444 e. The van der Waals surface area contributed by atoms with Crippen LogP contribution in [0.2, 0.25) is 0 Å². The van der Waals surface area contributed by atoms with Gasteiger partial charge >= 0.3 is 6.09 Å². The number of hydrogen-bond donors (Lipinski definition) is 2. The molecule has 5 nitrogen and oxygen atoms in total. The number of likely N-dealkylation sites (tertiary alicyclic amines) is 1. The highest BCUT2D eigenvalue weighted by molar-refractivity contribution is 5.68. The van der Waals surface area contributed by atoms with Crippen molar-refractivity contribution in [3.63, 3.8) is 0 Å². The summed E-state index contributed by atoms with van der Waals surface area (Å²) in [4.78, 5) is 13.6. The van der Waals surface area contributed by atoms with Gasteiger partial charge in [-0.1, -0.05) is 0 Å². The maximum Gasteiger partial charge on any atom is 0.410 e. The van der Waals surface area contributed by atoms with Crippen LogP contribution in [-0.4, -0.2) is 47.9 Å². The molecule has 17 heavy (non-hydrogen) atoms. The molecule has 3 N–H and O–H groups in total. The second kappa shape index (κ2) is 5.23. The molecular weight excluding hydrogens is 220 g/mol. The van der Waals surface area contributed by atoms with E-state index in [1.807, 2.05) is 20.8 Å². The molecule has 1 aliphatic rings. The third-order valence-corrected chi connectivity index (χ3v) is 3.08. The molecule has 0 radical (unpaired) electrons. The van der Waals surface area contributed by atoms with Gasteiger partial charge in [-0.2, -0.15) is 0 Å². The van der Waals surface area contributed by atoms with Crippen LogP contribution in [-0.2, 0) is 4.74 Å². The number of nitrogens with two attached hydrogens (primary N) is 1. The predicted octanol–water partition coefficient (Wildman–Crippen LogP) is 0.955. The summed E-state index contributed by atoms with van der Waals surface area (Å²) in [6, 6.07) is 0. The zero-order valence-electron chi connectivity index (χ0n) is 11.0. The Morgan fingerprint density at radius 1 is 1.53 bits per heavy atom. The molecule has 0 spiro atoms. The highest BCUT2D eigenvalue weighted by Gasteiger charge is 2.37. The summed E-state index contributed by atoms with van der Waals surface area (Å²) < 4.78 is 5.32. The molecule has 0 aliphatic carbocycles. The first kappa shape index (κ1) is 14.3. The summed E-state index contributed by atoms with van der Waals surface area (Å²) in [6.07, 6.45) is 1.40. The number of rotatable bonds is 2.